The summed E-state index contributed by atoms with van der Waals surface area (Å²) in [7, 11) is 0. The maximum absolute atomic E-state index is 14.7. The van der Waals surface area contributed by atoms with Crippen molar-refractivity contribution >= 4 is 28.6 Å². The van der Waals surface area contributed by atoms with Gasteiger partial charge >= 0.3 is 11.2 Å². The minimum atomic E-state index is -0.707. The van der Waals surface area contributed by atoms with Gasteiger partial charge in [-0.05, 0) is 57.0 Å². The van der Waals surface area contributed by atoms with Crippen molar-refractivity contribution in [1.29, 1.82) is 0 Å². The van der Waals surface area contributed by atoms with Crippen molar-refractivity contribution in [2.75, 3.05) is 13.1 Å². The van der Waals surface area contributed by atoms with Crippen LogP contribution in [0.5, 0.6) is 0 Å². The Kier molecular flexibility index (Phi) is 3.67. The SMILES string of the molecule is CC(C)(C)OC(=O)N1C[C@@H]2C(c3nn(C4CC4)c4c(F)c(Cl)[n+]([O-])cc34)[C@@H]2C1. The fourth-order valence-corrected chi connectivity index (χ4v) is 4.55. The van der Waals surface area contributed by atoms with Crippen molar-refractivity contribution in [3.8, 4) is 0 Å². The number of amides is 1. The van der Waals surface area contributed by atoms with Crippen LogP contribution in [0, 0.1) is 22.9 Å². The van der Waals surface area contributed by atoms with E-state index in [0.29, 0.717) is 28.7 Å². The number of halogens is 2. The number of fused-ring (bicyclic) bond motifs is 2. The van der Waals surface area contributed by atoms with Gasteiger partial charge in [0.15, 0.2) is 6.20 Å². The van der Waals surface area contributed by atoms with Gasteiger partial charge in [0.25, 0.3) is 0 Å². The molecule has 150 valence electrons. The molecule has 2 aromatic heterocycles. The van der Waals surface area contributed by atoms with Crippen molar-refractivity contribution in [1.82, 2.24) is 14.7 Å². The fraction of sp³-hybridized carbons (Fsp3) is 0.632. The third-order valence-electron chi connectivity index (χ3n) is 5.86. The van der Waals surface area contributed by atoms with Crippen LogP contribution >= 0.6 is 11.6 Å². The van der Waals surface area contributed by atoms with E-state index in [1.165, 1.54) is 6.20 Å². The molecule has 0 radical (unpaired) electrons. The standard InChI is InChI=1S/C19H22ClFN4O3/c1-19(2,3)28-18(26)23-6-10-11(7-23)13(10)15-12-8-24(27)17(20)14(21)16(12)25(22-15)9-4-5-9/h8-11,13H,4-7H2,1-3H3/t10-,11+,13?. The molecule has 2 aromatic rings. The van der Waals surface area contributed by atoms with Crippen LogP contribution in [0.4, 0.5) is 9.18 Å². The summed E-state index contributed by atoms with van der Waals surface area (Å²) in [4.78, 5) is 14.0. The Morgan fingerprint density at radius 3 is 2.57 bits per heavy atom. The lowest BCUT2D eigenvalue weighted by atomic mass is 10.1. The fourth-order valence-electron chi connectivity index (χ4n) is 4.42. The number of carbonyl (C=O) groups is 1. The molecule has 28 heavy (non-hydrogen) atoms. The summed E-state index contributed by atoms with van der Waals surface area (Å²) in [6.07, 6.45) is 2.93. The normalized spacial score (nSPS) is 26.6. The van der Waals surface area contributed by atoms with E-state index >= 15 is 0 Å². The molecular formula is C19H22ClFN4O3. The molecule has 2 saturated carbocycles. The maximum Gasteiger partial charge on any atom is 0.410 e. The van der Waals surface area contributed by atoms with Gasteiger partial charge in [-0.2, -0.15) is 14.2 Å². The molecule has 1 unspecified atom stereocenters. The summed E-state index contributed by atoms with van der Waals surface area (Å²) in [5, 5.41) is 16.8. The Balaban J connectivity index is 1.43. The van der Waals surface area contributed by atoms with Crippen LogP contribution in [0.2, 0.25) is 5.15 Å². The van der Waals surface area contributed by atoms with Gasteiger partial charge in [-0.3, -0.25) is 4.68 Å². The second kappa shape index (κ2) is 5.72. The third-order valence-corrected chi connectivity index (χ3v) is 6.19. The molecule has 0 spiro atoms. The molecule has 0 aromatic carbocycles. The number of aromatic nitrogens is 3. The lowest BCUT2D eigenvalue weighted by Gasteiger charge is -2.25. The Morgan fingerprint density at radius 2 is 2.00 bits per heavy atom. The minimum Gasteiger partial charge on any atom is -0.618 e. The molecule has 0 N–H and O–H groups in total. The van der Waals surface area contributed by atoms with Crippen molar-refractivity contribution in [3.63, 3.8) is 0 Å². The van der Waals surface area contributed by atoms with Crippen molar-refractivity contribution in [2.24, 2.45) is 11.8 Å². The predicted molar refractivity (Wildman–Crippen MR) is 99.5 cm³/mol. The van der Waals surface area contributed by atoms with E-state index in [9.17, 15) is 14.4 Å². The van der Waals surface area contributed by atoms with Crippen LogP contribution in [0.3, 0.4) is 0 Å². The highest BCUT2D eigenvalue weighted by Crippen LogP contribution is 2.59. The number of carbonyl (C=O) groups excluding carboxylic acids is 1. The average molecular weight is 409 g/mol. The van der Waals surface area contributed by atoms with Crippen LogP contribution < -0.4 is 4.73 Å². The molecule has 3 fully saturated rings. The van der Waals surface area contributed by atoms with Gasteiger partial charge in [0.1, 0.15) is 11.1 Å². The van der Waals surface area contributed by atoms with Gasteiger partial charge in [-0.25, -0.2) is 4.79 Å². The van der Waals surface area contributed by atoms with Gasteiger partial charge < -0.3 is 14.8 Å². The Hall–Kier alpha value is -2.09. The van der Waals surface area contributed by atoms with E-state index in [4.69, 9.17) is 21.4 Å². The summed E-state index contributed by atoms with van der Waals surface area (Å²) in [6, 6.07) is 0.168. The summed E-state index contributed by atoms with van der Waals surface area (Å²) in [5.74, 6) is -0.0583. The number of pyridine rings is 1. The van der Waals surface area contributed by atoms with Crippen molar-refractivity contribution in [3.05, 3.63) is 28.1 Å². The zero-order valence-electron chi connectivity index (χ0n) is 16.0. The Morgan fingerprint density at radius 1 is 1.36 bits per heavy atom. The lowest BCUT2D eigenvalue weighted by Crippen LogP contribution is -2.36. The first-order valence-corrected chi connectivity index (χ1v) is 10.0. The number of piperidine rings is 1. The van der Waals surface area contributed by atoms with Crippen LogP contribution in [-0.2, 0) is 4.74 Å². The van der Waals surface area contributed by atoms with Gasteiger partial charge in [-0.15, -0.1) is 0 Å². The van der Waals surface area contributed by atoms with Gasteiger partial charge in [0.2, 0.25) is 5.82 Å². The zero-order valence-corrected chi connectivity index (χ0v) is 16.7. The quantitative estimate of drug-likeness (QED) is 0.433. The number of rotatable bonds is 2. The van der Waals surface area contributed by atoms with E-state index < -0.39 is 16.6 Å². The van der Waals surface area contributed by atoms with Gasteiger partial charge in [0, 0.05) is 19.0 Å². The zero-order chi connectivity index (χ0) is 20.0. The summed E-state index contributed by atoms with van der Waals surface area (Å²) in [5.41, 5.74) is 0.547. The summed E-state index contributed by atoms with van der Waals surface area (Å²) < 4.78 is 22.3. The highest BCUT2D eigenvalue weighted by Gasteiger charge is 2.59. The molecule has 0 bridgehead atoms. The first kappa shape index (κ1) is 18.0. The Bertz CT molecular complexity index is 985. The van der Waals surface area contributed by atoms with Crippen LogP contribution in [0.1, 0.15) is 51.3 Å². The number of hydrogen-bond acceptors (Lipinski definition) is 4. The Labute approximate surface area is 166 Å². The molecule has 1 amide bonds. The van der Waals surface area contributed by atoms with Crippen molar-refractivity contribution < 1.29 is 18.7 Å². The third kappa shape index (κ3) is 2.72. The number of likely N-dealkylation sites (tertiary alicyclic amines) is 1. The molecule has 5 rings (SSSR count). The lowest BCUT2D eigenvalue weighted by molar-refractivity contribution is -0.603. The topological polar surface area (TPSA) is 74.3 Å². The molecule has 1 saturated heterocycles. The molecule has 3 atom stereocenters. The van der Waals surface area contributed by atoms with Gasteiger partial charge in [0.05, 0.1) is 17.1 Å². The second-order valence-corrected chi connectivity index (χ2v) is 9.48. The van der Waals surface area contributed by atoms with E-state index in [1.54, 1.807) is 9.58 Å². The number of nitrogens with zero attached hydrogens (tertiary/aromatic N) is 4. The molecule has 7 nitrogen and oxygen atoms in total. The largest absolute Gasteiger partial charge is 0.618 e. The van der Waals surface area contributed by atoms with Crippen molar-refractivity contribution in [2.45, 2.75) is 51.2 Å². The molecule has 9 heteroatoms. The predicted octanol–water partition coefficient (Wildman–Crippen LogP) is 3.38. The van der Waals surface area contributed by atoms with E-state index in [-0.39, 0.29) is 29.9 Å². The molecule has 1 aliphatic heterocycles. The number of ether oxygens (including phenoxy) is 1. The molecule has 3 heterocycles. The smallest absolute Gasteiger partial charge is 0.410 e. The molecular weight excluding hydrogens is 387 g/mol. The first-order valence-electron chi connectivity index (χ1n) is 9.63. The van der Waals surface area contributed by atoms with Crippen LogP contribution in [0.15, 0.2) is 6.20 Å². The monoisotopic (exact) mass is 408 g/mol. The van der Waals surface area contributed by atoms with E-state index in [1.807, 2.05) is 20.8 Å². The first-order chi connectivity index (χ1) is 13.2. The maximum atomic E-state index is 14.7. The summed E-state index contributed by atoms with van der Waals surface area (Å²) >= 11 is 5.84. The highest BCUT2D eigenvalue weighted by molar-refractivity contribution is 6.29. The summed E-state index contributed by atoms with van der Waals surface area (Å²) in [6.45, 7) is 6.72. The highest BCUT2D eigenvalue weighted by atomic mass is 35.5. The second-order valence-electron chi connectivity index (χ2n) is 9.12. The average Bonchev–Trinajstić information content (AvgIpc) is 3.48. The van der Waals surface area contributed by atoms with Gasteiger partial charge in [-0.1, -0.05) is 0 Å². The number of hydrogen-bond donors (Lipinski definition) is 0. The molecule has 3 aliphatic rings. The minimum absolute atomic E-state index is 0.127. The molecule has 2 aliphatic carbocycles. The van der Waals surface area contributed by atoms with Crippen LogP contribution in [0.25, 0.3) is 10.9 Å². The van der Waals surface area contributed by atoms with E-state index in [0.717, 1.165) is 18.5 Å². The van der Waals surface area contributed by atoms with E-state index in [2.05, 4.69) is 0 Å². The van der Waals surface area contributed by atoms with Crippen LogP contribution in [-0.4, -0.2) is 39.5 Å².